The molecule has 1 fully saturated rings. The van der Waals surface area contributed by atoms with E-state index >= 15 is 0 Å². The van der Waals surface area contributed by atoms with Gasteiger partial charge in [0.2, 0.25) is 0 Å². The first-order valence-corrected chi connectivity index (χ1v) is 12.5. The van der Waals surface area contributed by atoms with Gasteiger partial charge in [0.15, 0.2) is 22.4 Å². The number of aromatic nitrogens is 3. The van der Waals surface area contributed by atoms with Crippen molar-refractivity contribution in [1.29, 1.82) is 0 Å². The molecule has 0 radical (unpaired) electrons. The lowest BCUT2D eigenvalue weighted by Gasteiger charge is -2.26. The van der Waals surface area contributed by atoms with Gasteiger partial charge in [-0.25, -0.2) is 14.6 Å². The molecule has 0 spiro atoms. The normalized spacial score (nSPS) is 21.2. The highest BCUT2D eigenvalue weighted by molar-refractivity contribution is 7.99. The van der Waals surface area contributed by atoms with Crippen LogP contribution in [0, 0.1) is 0 Å². The number of cyclic esters (lactones) is 2. The van der Waals surface area contributed by atoms with E-state index in [4.69, 9.17) is 25.8 Å². The van der Waals surface area contributed by atoms with Crippen molar-refractivity contribution < 1.29 is 28.6 Å². The van der Waals surface area contributed by atoms with Crippen LogP contribution in [0.4, 0.5) is 0 Å². The average Bonchev–Trinajstić information content (AvgIpc) is 3.29. The van der Waals surface area contributed by atoms with Gasteiger partial charge in [0.25, 0.3) is 0 Å². The maximum atomic E-state index is 13.0. The first-order chi connectivity index (χ1) is 16.3. The summed E-state index contributed by atoms with van der Waals surface area (Å²) in [6.45, 7) is 4.34. The molecule has 1 aliphatic heterocycles. The number of hydrogen-bond acceptors (Lipinski definition) is 9. The number of nitrogens with zero attached hydrogens (tertiary/aromatic N) is 2. The molecule has 0 aliphatic carbocycles. The molecule has 34 heavy (non-hydrogen) atoms. The minimum absolute atomic E-state index is 0.0282. The van der Waals surface area contributed by atoms with E-state index in [0.717, 1.165) is 24.6 Å². The summed E-state index contributed by atoms with van der Waals surface area (Å²) in [5.41, 5.74) is -0.783. The number of benzene rings is 1. The summed E-state index contributed by atoms with van der Waals surface area (Å²) in [6, 6.07) is 7.17. The summed E-state index contributed by atoms with van der Waals surface area (Å²) >= 11 is 7.31. The Labute approximate surface area is 207 Å². The molecule has 2 atom stereocenters. The molecule has 9 nitrogen and oxygen atoms in total. The highest BCUT2D eigenvalue weighted by atomic mass is 35.5. The van der Waals surface area contributed by atoms with Crippen LogP contribution >= 0.6 is 23.4 Å². The molecule has 0 unspecified atom stereocenters. The molecule has 0 amide bonds. The van der Waals surface area contributed by atoms with Crippen LogP contribution in [0.3, 0.4) is 0 Å². The number of halogens is 1. The highest BCUT2D eigenvalue weighted by Crippen LogP contribution is 2.29. The van der Waals surface area contributed by atoms with Crippen molar-refractivity contribution in [2.45, 2.75) is 62.8 Å². The van der Waals surface area contributed by atoms with Gasteiger partial charge in [-0.05, 0) is 44.7 Å². The van der Waals surface area contributed by atoms with E-state index < -0.39 is 23.6 Å². The predicted octanol–water partition coefficient (Wildman–Crippen LogP) is 4.00. The lowest BCUT2D eigenvalue weighted by molar-refractivity contribution is -0.180. The fraction of sp³-hybridized carbons (Fsp3) is 0.522. The number of rotatable bonds is 10. The Hall–Kier alpha value is -2.43. The molecule has 3 rings (SSSR count). The molecule has 1 aliphatic rings. The number of hydrogen-bond donors (Lipinski definition) is 1. The van der Waals surface area contributed by atoms with Gasteiger partial charge < -0.3 is 14.2 Å². The minimum Gasteiger partial charge on any atom is -0.452 e. The number of ketones is 1. The number of ether oxygens (including phenoxy) is 3. The average molecular weight is 510 g/mol. The molecule has 0 bridgehead atoms. The first kappa shape index (κ1) is 26.2. The van der Waals surface area contributed by atoms with Crippen LogP contribution in [-0.4, -0.2) is 63.6 Å². The SMILES string of the molecule is CCCCOC[C@@H]1CCC[C@@](C)(C(=O)CSc2nc(-c3ccccc3Cl)n[nH]2)OC(=O)C(=O)O1. The summed E-state index contributed by atoms with van der Waals surface area (Å²) in [5, 5.41) is 7.87. The maximum absolute atomic E-state index is 13.0. The van der Waals surface area contributed by atoms with Crippen molar-refractivity contribution in [1.82, 2.24) is 15.2 Å². The molecule has 1 aromatic carbocycles. The van der Waals surface area contributed by atoms with Crippen molar-refractivity contribution in [3.05, 3.63) is 29.3 Å². The third kappa shape index (κ3) is 7.04. The molecule has 1 saturated heterocycles. The number of unbranched alkanes of at least 4 members (excludes halogenated alkanes) is 1. The maximum Gasteiger partial charge on any atom is 0.418 e. The molecule has 2 heterocycles. The van der Waals surface area contributed by atoms with Crippen LogP contribution in [-0.2, 0) is 28.6 Å². The van der Waals surface area contributed by atoms with E-state index in [9.17, 15) is 14.4 Å². The molecule has 11 heteroatoms. The van der Waals surface area contributed by atoms with Gasteiger partial charge >= 0.3 is 11.9 Å². The number of carbonyl (C=O) groups excluding carboxylic acids is 3. The Bertz CT molecular complexity index is 1020. The van der Waals surface area contributed by atoms with Crippen LogP contribution in [0.15, 0.2) is 29.4 Å². The Morgan fingerprint density at radius 3 is 2.88 bits per heavy atom. The van der Waals surface area contributed by atoms with Crippen molar-refractivity contribution in [2.24, 2.45) is 0 Å². The van der Waals surface area contributed by atoms with Crippen molar-refractivity contribution in [3.63, 3.8) is 0 Å². The fourth-order valence-corrected chi connectivity index (χ4v) is 4.41. The summed E-state index contributed by atoms with van der Waals surface area (Å²) in [4.78, 5) is 41.9. The van der Waals surface area contributed by atoms with E-state index in [0.29, 0.717) is 41.0 Å². The Kier molecular flexibility index (Phi) is 9.49. The number of thioether (sulfide) groups is 1. The van der Waals surface area contributed by atoms with Gasteiger partial charge in [0.1, 0.15) is 6.10 Å². The van der Waals surface area contributed by atoms with Gasteiger partial charge in [-0.2, -0.15) is 5.10 Å². The van der Waals surface area contributed by atoms with Crippen LogP contribution in [0.2, 0.25) is 5.02 Å². The lowest BCUT2D eigenvalue weighted by Crippen LogP contribution is -2.43. The predicted molar refractivity (Wildman–Crippen MR) is 127 cm³/mol. The Balaban J connectivity index is 1.60. The number of H-pyrrole nitrogens is 1. The number of aromatic amines is 1. The van der Waals surface area contributed by atoms with E-state index in [1.54, 1.807) is 12.1 Å². The third-order valence-corrected chi connectivity index (χ3v) is 6.59. The summed E-state index contributed by atoms with van der Waals surface area (Å²) in [7, 11) is 0. The molecule has 0 saturated carbocycles. The fourth-order valence-electron chi connectivity index (χ4n) is 3.36. The molecular weight excluding hydrogens is 482 g/mol. The summed E-state index contributed by atoms with van der Waals surface area (Å²) in [5.74, 6) is -2.25. The molecule has 1 N–H and O–H groups in total. The van der Waals surface area contributed by atoms with E-state index in [-0.39, 0.29) is 24.6 Å². The van der Waals surface area contributed by atoms with Crippen LogP contribution in [0.25, 0.3) is 11.4 Å². The largest absolute Gasteiger partial charge is 0.452 e. The minimum atomic E-state index is -1.45. The standard InChI is InChI=1S/C23H28ClN3O6S/c1-3-4-12-31-13-15-8-7-11-23(2,33-21(30)20(29)32-15)18(28)14-34-22-25-19(26-27-22)16-9-5-6-10-17(16)24/h5-6,9-10,15H,3-4,7-8,11-14H2,1-2H3,(H,25,26,27)/t15-,23-/m0/s1. The van der Waals surface area contributed by atoms with Crippen molar-refractivity contribution in [3.8, 4) is 11.4 Å². The van der Waals surface area contributed by atoms with E-state index in [1.165, 1.54) is 6.92 Å². The van der Waals surface area contributed by atoms with Gasteiger partial charge in [-0.3, -0.25) is 9.89 Å². The monoisotopic (exact) mass is 509 g/mol. The van der Waals surface area contributed by atoms with Gasteiger partial charge in [-0.1, -0.05) is 48.8 Å². The second-order valence-corrected chi connectivity index (χ2v) is 9.50. The van der Waals surface area contributed by atoms with Gasteiger partial charge in [0.05, 0.1) is 17.4 Å². The number of carbonyl (C=O) groups is 3. The summed E-state index contributed by atoms with van der Waals surface area (Å²) in [6.07, 6.45) is 2.59. The van der Waals surface area contributed by atoms with Crippen molar-refractivity contribution >= 4 is 41.1 Å². The number of esters is 2. The molecule has 1 aromatic heterocycles. The van der Waals surface area contributed by atoms with Crippen molar-refractivity contribution in [2.75, 3.05) is 19.0 Å². The topological polar surface area (TPSA) is 120 Å². The Morgan fingerprint density at radius 1 is 1.32 bits per heavy atom. The van der Waals surface area contributed by atoms with Gasteiger partial charge in [-0.15, -0.1) is 0 Å². The quantitative estimate of drug-likeness (QED) is 0.219. The van der Waals surface area contributed by atoms with Crippen LogP contribution in [0.1, 0.15) is 46.0 Å². The summed E-state index contributed by atoms with van der Waals surface area (Å²) < 4.78 is 16.1. The first-order valence-electron chi connectivity index (χ1n) is 11.2. The second kappa shape index (κ2) is 12.3. The van der Waals surface area contributed by atoms with E-state index in [2.05, 4.69) is 22.1 Å². The highest BCUT2D eigenvalue weighted by Gasteiger charge is 2.40. The van der Waals surface area contributed by atoms with Gasteiger partial charge in [0, 0.05) is 12.2 Å². The number of nitrogens with one attached hydrogen (secondary N) is 1. The number of Topliss-reactive ketones (excluding diaryl/α,β-unsaturated/α-hetero) is 1. The Morgan fingerprint density at radius 2 is 2.12 bits per heavy atom. The van der Waals surface area contributed by atoms with Crippen LogP contribution < -0.4 is 0 Å². The van der Waals surface area contributed by atoms with E-state index in [1.807, 2.05) is 12.1 Å². The zero-order valence-electron chi connectivity index (χ0n) is 19.2. The zero-order valence-corrected chi connectivity index (χ0v) is 20.7. The lowest BCUT2D eigenvalue weighted by atomic mass is 9.93. The molecule has 184 valence electrons. The molecule has 2 aromatic rings. The zero-order chi connectivity index (χ0) is 24.6. The second-order valence-electron chi connectivity index (χ2n) is 8.12. The smallest absolute Gasteiger partial charge is 0.418 e. The third-order valence-electron chi connectivity index (χ3n) is 5.39. The van der Waals surface area contributed by atoms with Crippen LogP contribution in [0.5, 0.6) is 0 Å². The molecular formula is C23H28ClN3O6S.